The van der Waals surface area contributed by atoms with Crippen molar-refractivity contribution in [2.45, 2.75) is 13.0 Å². The van der Waals surface area contributed by atoms with Crippen LogP contribution >= 0.6 is 27.5 Å². The number of carbonyl (C=O) groups excluding carboxylic acids is 2. The smallest absolute Gasteiger partial charge is 0.331 e. The van der Waals surface area contributed by atoms with Gasteiger partial charge < -0.3 is 31.5 Å². The Balaban J connectivity index is 1.61. The molecular formula is C21H22BrClN6O5. The molecule has 1 aliphatic heterocycles. The van der Waals surface area contributed by atoms with E-state index in [0.717, 1.165) is 6.54 Å². The Labute approximate surface area is 208 Å². The van der Waals surface area contributed by atoms with E-state index in [9.17, 15) is 24.6 Å². The zero-order valence-electron chi connectivity index (χ0n) is 17.9. The summed E-state index contributed by atoms with van der Waals surface area (Å²) >= 11 is 9.01. The molecule has 6 N–H and O–H groups in total. The minimum Gasteiger partial charge on any atom is -0.506 e. The van der Waals surface area contributed by atoms with Crippen LogP contribution in [0, 0.1) is 5.92 Å². The normalized spacial score (nSPS) is 16.0. The maximum Gasteiger partial charge on any atom is 0.331 e. The highest BCUT2D eigenvalue weighted by Gasteiger charge is 2.26. The van der Waals surface area contributed by atoms with Crippen LogP contribution in [-0.2, 0) is 9.59 Å². The topological polar surface area (TPSA) is 165 Å². The number of nitrogens with zero attached hydrogens (tertiary/aromatic N) is 2. The number of nitrogens with one attached hydrogen (secondary N) is 4. The van der Waals surface area contributed by atoms with Gasteiger partial charge in [0.1, 0.15) is 5.75 Å². The molecule has 2 unspecified atom stereocenters. The molecule has 0 aliphatic carbocycles. The lowest BCUT2D eigenvalue weighted by Crippen LogP contribution is -2.41. The molecule has 13 heteroatoms. The van der Waals surface area contributed by atoms with Crippen molar-refractivity contribution in [3.05, 3.63) is 51.2 Å². The van der Waals surface area contributed by atoms with Gasteiger partial charge in [-0.2, -0.15) is 0 Å². The van der Waals surface area contributed by atoms with Crippen LogP contribution in [0.4, 0.5) is 5.69 Å². The van der Waals surface area contributed by atoms with E-state index in [1.165, 1.54) is 24.5 Å². The van der Waals surface area contributed by atoms with Crippen molar-refractivity contribution in [2.75, 3.05) is 25.0 Å². The van der Waals surface area contributed by atoms with Crippen LogP contribution in [-0.4, -0.2) is 58.6 Å². The summed E-state index contributed by atoms with van der Waals surface area (Å²) in [5.41, 5.74) is 0.614. The molecule has 2 atom stereocenters. The van der Waals surface area contributed by atoms with Crippen molar-refractivity contribution >= 4 is 57.0 Å². The SMILES string of the molecule is CC1CN=C(Nc2cncc(C(=O)NCC(=O)NC(C(=O)O)c3cc(Cl)cc(Br)c3O)c2)NC1. The van der Waals surface area contributed by atoms with E-state index >= 15 is 0 Å². The van der Waals surface area contributed by atoms with E-state index in [1.54, 1.807) is 6.07 Å². The van der Waals surface area contributed by atoms with Crippen LogP contribution in [0.5, 0.6) is 5.75 Å². The van der Waals surface area contributed by atoms with Crippen molar-refractivity contribution in [1.82, 2.24) is 20.9 Å². The third kappa shape index (κ3) is 6.58. The minimum atomic E-state index is -1.58. The molecule has 2 heterocycles. The molecule has 0 spiro atoms. The molecule has 0 fully saturated rings. The number of phenols is 1. The van der Waals surface area contributed by atoms with Gasteiger partial charge in [0, 0.05) is 29.9 Å². The monoisotopic (exact) mass is 552 g/mol. The van der Waals surface area contributed by atoms with Crippen LogP contribution < -0.4 is 21.3 Å². The molecule has 11 nitrogen and oxygen atoms in total. The molecule has 0 radical (unpaired) electrons. The average molecular weight is 554 g/mol. The summed E-state index contributed by atoms with van der Waals surface area (Å²) in [5.74, 6) is -2.15. The highest BCUT2D eigenvalue weighted by molar-refractivity contribution is 9.10. The Morgan fingerprint density at radius 3 is 2.74 bits per heavy atom. The highest BCUT2D eigenvalue weighted by atomic mass is 79.9. The van der Waals surface area contributed by atoms with Crippen molar-refractivity contribution < 1.29 is 24.6 Å². The summed E-state index contributed by atoms with van der Waals surface area (Å²) in [7, 11) is 0. The second-order valence-electron chi connectivity index (χ2n) is 7.61. The Kier molecular flexibility index (Phi) is 8.29. The van der Waals surface area contributed by atoms with Gasteiger partial charge in [-0.25, -0.2) is 4.79 Å². The van der Waals surface area contributed by atoms with Crippen LogP contribution in [0.25, 0.3) is 0 Å². The quantitative estimate of drug-likeness (QED) is 0.302. The number of anilines is 1. The number of rotatable bonds is 7. The van der Waals surface area contributed by atoms with E-state index < -0.39 is 30.4 Å². The lowest BCUT2D eigenvalue weighted by Gasteiger charge is -2.20. The van der Waals surface area contributed by atoms with E-state index in [4.69, 9.17) is 11.6 Å². The Bertz CT molecular complexity index is 1140. The number of aliphatic imine (C=N–C) groups is 1. The van der Waals surface area contributed by atoms with Crippen LogP contribution in [0.2, 0.25) is 5.02 Å². The predicted molar refractivity (Wildman–Crippen MR) is 129 cm³/mol. The minimum absolute atomic E-state index is 0.108. The molecular weight excluding hydrogens is 532 g/mol. The van der Waals surface area contributed by atoms with E-state index in [-0.39, 0.29) is 26.4 Å². The summed E-state index contributed by atoms with van der Waals surface area (Å²) < 4.78 is 0.175. The van der Waals surface area contributed by atoms with Crippen molar-refractivity contribution in [3.63, 3.8) is 0 Å². The lowest BCUT2D eigenvalue weighted by atomic mass is 10.1. The number of benzene rings is 1. The van der Waals surface area contributed by atoms with Crippen LogP contribution in [0.15, 0.2) is 40.1 Å². The molecule has 180 valence electrons. The second-order valence-corrected chi connectivity index (χ2v) is 8.90. The van der Waals surface area contributed by atoms with Crippen LogP contribution in [0.3, 0.4) is 0 Å². The first-order chi connectivity index (χ1) is 16.1. The summed E-state index contributed by atoms with van der Waals surface area (Å²) in [6.45, 7) is 3.02. The standard InChI is InChI=1S/C21H22BrClN6O5/c1-10-5-26-21(27-6-10)28-13-2-11(7-24-8-13)19(32)25-9-16(30)29-17(20(33)34)14-3-12(23)4-15(22)18(14)31/h2-4,7-8,10,17,31H,5-6,9H2,1H3,(H,25,32)(H,29,30)(H,33,34)(H2,26,27,28). The number of hydrogen-bond donors (Lipinski definition) is 6. The summed E-state index contributed by atoms with van der Waals surface area (Å²) in [4.78, 5) is 44.9. The van der Waals surface area contributed by atoms with Gasteiger partial charge in [-0.1, -0.05) is 18.5 Å². The summed E-state index contributed by atoms with van der Waals surface area (Å²) in [6.07, 6.45) is 2.86. The molecule has 3 rings (SSSR count). The number of carbonyl (C=O) groups is 3. The van der Waals surface area contributed by atoms with Crippen molar-refractivity contribution in [2.24, 2.45) is 10.9 Å². The number of hydrogen-bond acceptors (Lipinski definition) is 8. The number of aromatic hydroxyl groups is 1. The predicted octanol–water partition coefficient (Wildman–Crippen LogP) is 1.88. The lowest BCUT2D eigenvalue weighted by molar-refractivity contribution is -0.141. The largest absolute Gasteiger partial charge is 0.506 e. The number of pyridine rings is 1. The highest BCUT2D eigenvalue weighted by Crippen LogP contribution is 2.35. The van der Waals surface area contributed by atoms with E-state index in [2.05, 4.69) is 54.1 Å². The third-order valence-electron chi connectivity index (χ3n) is 4.77. The molecule has 2 aromatic rings. The number of aromatic nitrogens is 1. The Hall–Kier alpha value is -3.38. The van der Waals surface area contributed by atoms with Gasteiger partial charge in [0.05, 0.1) is 28.5 Å². The number of halogens is 2. The summed E-state index contributed by atoms with van der Waals surface area (Å²) in [5, 5.41) is 30.7. The number of guanidine groups is 1. The number of carboxylic acids is 1. The van der Waals surface area contributed by atoms with E-state index in [1.807, 2.05) is 0 Å². The number of phenolic OH excluding ortho intramolecular Hbond substituents is 1. The Morgan fingerprint density at radius 2 is 2.06 bits per heavy atom. The van der Waals surface area contributed by atoms with Crippen molar-refractivity contribution in [1.29, 1.82) is 0 Å². The molecule has 1 aliphatic rings. The van der Waals surface area contributed by atoms with E-state index in [0.29, 0.717) is 24.1 Å². The van der Waals surface area contributed by atoms with Gasteiger partial charge >= 0.3 is 5.97 Å². The molecule has 0 saturated heterocycles. The second kappa shape index (κ2) is 11.2. The van der Waals surface area contributed by atoms with Crippen molar-refractivity contribution in [3.8, 4) is 5.75 Å². The summed E-state index contributed by atoms with van der Waals surface area (Å²) in [6, 6.07) is 2.58. The van der Waals surface area contributed by atoms with Gasteiger partial charge in [-0.05, 0) is 40.0 Å². The molecule has 1 aromatic heterocycles. The third-order valence-corrected chi connectivity index (χ3v) is 5.60. The first kappa shape index (κ1) is 25.2. The van der Waals surface area contributed by atoms with Gasteiger partial charge in [0.2, 0.25) is 5.91 Å². The maximum atomic E-state index is 12.5. The molecule has 0 saturated carbocycles. The van der Waals surface area contributed by atoms with Gasteiger partial charge in [0.15, 0.2) is 12.0 Å². The fourth-order valence-corrected chi connectivity index (χ4v) is 3.88. The number of carboxylic acid groups (broad SMARTS) is 1. The molecule has 34 heavy (non-hydrogen) atoms. The fraction of sp³-hybridized carbons (Fsp3) is 0.286. The van der Waals surface area contributed by atoms with Gasteiger partial charge in [0.25, 0.3) is 5.91 Å². The number of amides is 2. The fourth-order valence-electron chi connectivity index (χ4n) is 3.04. The van der Waals surface area contributed by atoms with Gasteiger partial charge in [-0.15, -0.1) is 0 Å². The van der Waals surface area contributed by atoms with Gasteiger partial charge in [-0.3, -0.25) is 19.6 Å². The maximum absolute atomic E-state index is 12.5. The molecule has 2 amide bonds. The van der Waals surface area contributed by atoms with Crippen LogP contribution in [0.1, 0.15) is 28.9 Å². The average Bonchev–Trinajstić information content (AvgIpc) is 2.80. The molecule has 0 bridgehead atoms. The number of aliphatic carboxylic acids is 1. The zero-order chi connectivity index (χ0) is 24.8. The zero-order valence-corrected chi connectivity index (χ0v) is 20.3. The first-order valence-corrected chi connectivity index (χ1v) is 11.3. The first-order valence-electron chi connectivity index (χ1n) is 10.1. The Morgan fingerprint density at radius 1 is 1.29 bits per heavy atom. The molecule has 1 aromatic carbocycles.